The number of hydrogen-bond donors (Lipinski definition) is 0. The standard InChI is InChI=1S/C18H15N2.C11H8N.Ir/c1-12-10-15-9-8-13(2)20-17(15)16(11-12)19-18(20)14-6-4-3-5-7-14;1-2-6-10(7-3-1)11-8-4-5-9-12-11;/h3-6,8-11,13H,1-2H3;1-6,8-9H;/q2*-1;. The summed E-state index contributed by atoms with van der Waals surface area (Å²) in [7, 11) is 0. The van der Waals surface area contributed by atoms with Gasteiger partial charge in [-0.3, -0.25) is 4.98 Å². The molecule has 4 heteroatoms. The van der Waals surface area contributed by atoms with Gasteiger partial charge in [-0.05, 0) is 48.9 Å². The van der Waals surface area contributed by atoms with E-state index in [4.69, 9.17) is 4.98 Å². The monoisotopic (exact) mass is 606 g/mol. The number of allylic oxidation sites excluding steroid dienone is 1. The van der Waals surface area contributed by atoms with Crippen molar-refractivity contribution in [3.05, 3.63) is 114 Å². The fourth-order valence-electron chi connectivity index (χ4n) is 4.06. The van der Waals surface area contributed by atoms with Crippen molar-refractivity contribution in [1.29, 1.82) is 0 Å². The van der Waals surface area contributed by atoms with Gasteiger partial charge in [0.2, 0.25) is 0 Å². The molecule has 33 heavy (non-hydrogen) atoms. The fourth-order valence-corrected chi connectivity index (χ4v) is 4.06. The predicted molar refractivity (Wildman–Crippen MR) is 131 cm³/mol. The largest absolute Gasteiger partial charge is 0.358 e. The summed E-state index contributed by atoms with van der Waals surface area (Å²) >= 11 is 0. The van der Waals surface area contributed by atoms with Crippen molar-refractivity contribution >= 4 is 17.1 Å². The zero-order valence-corrected chi connectivity index (χ0v) is 20.9. The fraction of sp³-hybridized carbons (Fsp3) is 0.103. The van der Waals surface area contributed by atoms with Crippen LogP contribution >= 0.6 is 0 Å². The van der Waals surface area contributed by atoms with Gasteiger partial charge >= 0.3 is 0 Å². The Bertz CT molecular complexity index is 1340. The predicted octanol–water partition coefficient (Wildman–Crippen LogP) is 6.95. The zero-order chi connectivity index (χ0) is 21.9. The second kappa shape index (κ2) is 10.1. The first-order valence-electron chi connectivity index (χ1n) is 10.8. The maximum atomic E-state index is 4.86. The van der Waals surface area contributed by atoms with Crippen LogP contribution in [-0.4, -0.2) is 14.5 Å². The third kappa shape index (κ3) is 4.73. The Hall–Kier alpha value is -3.33. The molecule has 1 radical (unpaired) electrons. The van der Waals surface area contributed by atoms with Gasteiger partial charge in [0.05, 0.1) is 16.9 Å². The maximum Gasteiger partial charge on any atom is 0.0779 e. The normalized spacial score (nSPS) is 13.7. The molecule has 0 N–H and O–H groups in total. The molecule has 1 aliphatic rings. The van der Waals surface area contributed by atoms with E-state index in [0.29, 0.717) is 6.04 Å². The van der Waals surface area contributed by atoms with E-state index in [1.165, 1.54) is 16.6 Å². The third-order valence-electron chi connectivity index (χ3n) is 5.52. The second-order valence-corrected chi connectivity index (χ2v) is 7.89. The van der Waals surface area contributed by atoms with E-state index in [-0.39, 0.29) is 20.1 Å². The van der Waals surface area contributed by atoms with Gasteiger partial charge in [-0.2, -0.15) is 0 Å². The Morgan fingerprint density at radius 2 is 1.61 bits per heavy atom. The molecule has 0 saturated heterocycles. The average molecular weight is 606 g/mol. The van der Waals surface area contributed by atoms with Crippen LogP contribution in [0.1, 0.15) is 24.1 Å². The van der Waals surface area contributed by atoms with E-state index >= 15 is 0 Å². The molecular formula is C29H23IrN3-2. The molecule has 1 unspecified atom stereocenters. The van der Waals surface area contributed by atoms with Gasteiger partial charge in [0.15, 0.2) is 0 Å². The molecule has 2 aromatic heterocycles. The zero-order valence-electron chi connectivity index (χ0n) is 18.5. The van der Waals surface area contributed by atoms with E-state index in [1.54, 1.807) is 6.20 Å². The minimum absolute atomic E-state index is 0. The van der Waals surface area contributed by atoms with Crippen LogP contribution in [0, 0.1) is 19.1 Å². The average Bonchev–Trinajstić information content (AvgIpc) is 3.24. The topological polar surface area (TPSA) is 30.7 Å². The van der Waals surface area contributed by atoms with E-state index in [2.05, 4.69) is 65.9 Å². The van der Waals surface area contributed by atoms with Crippen molar-refractivity contribution in [2.24, 2.45) is 0 Å². The quantitative estimate of drug-likeness (QED) is 0.204. The number of pyridine rings is 1. The van der Waals surface area contributed by atoms with Gasteiger partial charge in [-0.15, -0.1) is 71.8 Å². The van der Waals surface area contributed by atoms with E-state index < -0.39 is 0 Å². The van der Waals surface area contributed by atoms with Crippen molar-refractivity contribution in [1.82, 2.24) is 14.5 Å². The van der Waals surface area contributed by atoms with Gasteiger partial charge in [-0.1, -0.05) is 24.3 Å². The van der Waals surface area contributed by atoms with Crippen molar-refractivity contribution in [3.8, 4) is 22.6 Å². The van der Waals surface area contributed by atoms with Crippen molar-refractivity contribution in [3.63, 3.8) is 0 Å². The molecule has 0 saturated carbocycles. The maximum absolute atomic E-state index is 4.86. The molecular weight excluding hydrogens is 583 g/mol. The Morgan fingerprint density at radius 1 is 0.879 bits per heavy atom. The number of hydrogen-bond acceptors (Lipinski definition) is 2. The van der Waals surface area contributed by atoms with Crippen LogP contribution in [0.3, 0.4) is 0 Å². The molecule has 1 aliphatic heterocycles. The third-order valence-corrected chi connectivity index (χ3v) is 5.52. The first-order chi connectivity index (χ1) is 15.7. The van der Waals surface area contributed by atoms with Gasteiger partial charge in [0, 0.05) is 32.3 Å². The Labute approximate surface area is 208 Å². The molecule has 3 heterocycles. The molecule has 0 amide bonds. The minimum atomic E-state index is 0. The van der Waals surface area contributed by atoms with Crippen molar-refractivity contribution in [2.45, 2.75) is 19.9 Å². The molecule has 165 valence electrons. The summed E-state index contributed by atoms with van der Waals surface area (Å²) in [6.07, 6.45) is 6.23. The van der Waals surface area contributed by atoms with Crippen molar-refractivity contribution in [2.75, 3.05) is 0 Å². The van der Waals surface area contributed by atoms with Crippen LogP contribution in [0.4, 0.5) is 0 Å². The van der Waals surface area contributed by atoms with Gasteiger partial charge in [0.25, 0.3) is 0 Å². The molecule has 5 aromatic rings. The summed E-state index contributed by atoms with van der Waals surface area (Å²) in [5.41, 5.74) is 7.87. The summed E-state index contributed by atoms with van der Waals surface area (Å²) in [6.45, 7) is 4.32. The molecule has 3 nitrogen and oxygen atoms in total. The summed E-state index contributed by atoms with van der Waals surface area (Å²) in [5, 5.41) is 0. The van der Waals surface area contributed by atoms with Crippen LogP contribution in [0.2, 0.25) is 0 Å². The Morgan fingerprint density at radius 3 is 2.27 bits per heavy atom. The van der Waals surface area contributed by atoms with E-state index in [0.717, 1.165) is 28.2 Å². The number of aryl methyl sites for hydroxylation is 1. The van der Waals surface area contributed by atoms with Crippen molar-refractivity contribution < 1.29 is 20.1 Å². The van der Waals surface area contributed by atoms with E-state index in [9.17, 15) is 0 Å². The number of benzene rings is 3. The summed E-state index contributed by atoms with van der Waals surface area (Å²) in [5.74, 6) is 1.00. The number of aromatic nitrogens is 3. The minimum Gasteiger partial charge on any atom is -0.358 e. The number of rotatable bonds is 2. The van der Waals surface area contributed by atoms with Crippen LogP contribution in [0.25, 0.3) is 39.8 Å². The summed E-state index contributed by atoms with van der Waals surface area (Å²) in [4.78, 5) is 9.08. The summed E-state index contributed by atoms with van der Waals surface area (Å²) in [6, 6.07) is 32.8. The van der Waals surface area contributed by atoms with Gasteiger partial charge in [0.1, 0.15) is 0 Å². The van der Waals surface area contributed by atoms with Crippen LogP contribution < -0.4 is 0 Å². The van der Waals surface area contributed by atoms with Crippen LogP contribution in [0.5, 0.6) is 0 Å². The smallest absolute Gasteiger partial charge is 0.0779 e. The van der Waals surface area contributed by atoms with Crippen LogP contribution in [0.15, 0.2) is 91.1 Å². The first kappa shape index (κ1) is 22.8. The van der Waals surface area contributed by atoms with Gasteiger partial charge < -0.3 is 9.55 Å². The summed E-state index contributed by atoms with van der Waals surface area (Å²) < 4.78 is 2.32. The first-order valence-corrected chi connectivity index (χ1v) is 10.8. The van der Waals surface area contributed by atoms with Crippen LogP contribution in [-0.2, 0) is 20.1 Å². The molecule has 0 aliphatic carbocycles. The molecule has 0 bridgehead atoms. The molecule has 0 spiro atoms. The second-order valence-electron chi connectivity index (χ2n) is 7.89. The SMILES string of the molecule is Cc1cc2c3c(c1)nc(-c1[c-]cccc1)n3C(C)C=C2.[Ir].[c-]1ccccc1-c1ccccn1. The number of nitrogens with zero attached hydrogens (tertiary/aromatic N) is 3. The van der Waals surface area contributed by atoms with E-state index in [1.807, 2.05) is 60.7 Å². The Kier molecular flexibility index (Phi) is 6.98. The Balaban J connectivity index is 0.000000172. The molecule has 1 atom stereocenters. The van der Waals surface area contributed by atoms with Gasteiger partial charge in [-0.25, -0.2) is 0 Å². The molecule has 0 fully saturated rings. The number of imidazole rings is 1. The molecule has 6 rings (SSSR count). The molecule has 3 aromatic carbocycles.